The van der Waals surface area contributed by atoms with E-state index >= 15 is 0 Å². The average Bonchev–Trinajstić information content (AvgIpc) is 2.74. The lowest BCUT2D eigenvalue weighted by atomic mass is 10.1. The van der Waals surface area contributed by atoms with Crippen LogP contribution in [0, 0.1) is 6.92 Å². The third-order valence-electron chi connectivity index (χ3n) is 4.38. The van der Waals surface area contributed by atoms with Crippen molar-refractivity contribution in [1.29, 1.82) is 0 Å². The first-order valence-electron chi connectivity index (χ1n) is 9.32. The van der Waals surface area contributed by atoms with Crippen LogP contribution in [-0.2, 0) is 4.79 Å². The molecular weight excluding hydrogens is 382 g/mol. The Morgan fingerprint density at radius 3 is 2.41 bits per heavy atom. The summed E-state index contributed by atoms with van der Waals surface area (Å²) in [7, 11) is 0. The van der Waals surface area contributed by atoms with Crippen LogP contribution in [0.5, 0.6) is 0 Å². The first kappa shape index (κ1) is 20.6. The van der Waals surface area contributed by atoms with Crippen molar-refractivity contribution in [2.75, 3.05) is 11.1 Å². The number of rotatable bonds is 7. The number of hydrogen-bond donors (Lipinski definition) is 2. The Labute approximate surface area is 175 Å². The van der Waals surface area contributed by atoms with E-state index in [0.29, 0.717) is 5.56 Å². The minimum absolute atomic E-state index is 0.112. The molecule has 1 aromatic heterocycles. The monoisotopic (exact) mass is 405 g/mol. The highest BCUT2D eigenvalue weighted by Gasteiger charge is 2.15. The molecule has 0 aliphatic carbocycles. The Bertz CT molecular complexity index is 975. The topological polar surface area (TPSA) is 71.1 Å². The fourth-order valence-corrected chi connectivity index (χ4v) is 3.62. The molecule has 3 aromatic rings. The number of nitrogens with one attached hydrogen (secondary N) is 2. The smallest absolute Gasteiger partial charge is 0.252 e. The van der Waals surface area contributed by atoms with E-state index in [1.165, 1.54) is 11.8 Å². The molecule has 0 saturated carbocycles. The summed E-state index contributed by atoms with van der Waals surface area (Å²) < 4.78 is 0. The van der Waals surface area contributed by atoms with Crippen LogP contribution in [-0.4, -0.2) is 22.6 Å². The van der Waals surface area contributed by atoms with Gasteiger partial charge in [-0.15, -0.1) is 11.8 Å². The van der Waals surface area contributed by atoms with Crippen molar-refractivity contribution in [3.05, 3.63) is 89.7 Å². The van der Waals surface area contributed by atoms with Crippen molar-refractivity contribution in [1.82, 2.24) is 10.3 Å². The van der Waals surface area contributed by atoms with Gasteiger partial charge in [-0.25, -0.2) is 0 Å². The summed E-state index contributed by atoms with van der Waals surface area (Å²) in [5.41, 5.74) is 3.44. The average molecular weight is 406 g/mol. The zero-order chi connectivity index (χ0) is 20.6. The number of nitrogens with zero attached hydrogens (tertiary/aromatic N) is 1. The zero-order valence-electron chi connectivity index (χ0n) is 16.4. The first-order valence-corrected chi connectivity index (χ1v) is 10.3. The fraction of sp³-hybridized carbons (Fsp3) is 0.174. The molecule has 0 radical (unpaired) electrons. The van der Waals surface area contributed by atoms with Gasteiger partial charge in [0.2, 0.25) is 5.91 Å². The van der Waals surface area contributed by atoms with E-state index in [0.717, 1.165) is 21.7 Å². The second-order valence-electron chi connectivity index (χ2n) is 6.67. The standard InChI is InChI=1S/C23H23N3O2S/c1-16-7-9-19(10-8-16)26-22(27)15-29-21-6-4-3-5-20(21)23(28)25-17(2)18-11-13-24-14-12-18/h3-14,17H,15H2,1-2H3,(H,25,28)(H,26,27). The van der Waals surface area contributed by atoms with E-state index in [2.05, 4.69) is 15.6 Å². The molecule has 1 atom stereocenters. The van der Waals surface area contributed by atoms with Gasteiger partial charge in [0, 0.05) is 23.0 Å². The van der Waals surface area contributed by atoms with E-state index in [1.54, 1.807) is 18.5 Å². The van der Waals surface area contributed by atoms with Crippen molar-refractivity contribution in [2.24, 2.45) is 0 Å². The van der Waals surface area contributed by atoms with Crippen LogP contribution in [0.25, 0.3) is 0 Å². The molecule has 3 rings (SSSR count). The lowest BCUT2D eigenvalue weighted by Gasteiger charge is -2.15. The van der Waals surface area contributed by atoms with Gasteiger partial charge < -0.3 is 10.6 Å². The highest BCUT2D eigenvalue weighted by molar-refractivity contribution is 8.00. The molecule has 29 heavy (non-hydrogen) atoms. The predicted molar refractivity (Wildman–Crippen MR) is 117 cm³/mol. The highest BCUT2D eigenvalue weighted by Crippen LogP contribution is 2.24. The summed E-state index contributed by atoms with van der Waals surface area (Å²) in [4.78, 5) is 29.8. The quantitative estimate of drug-likeness (QED) is 0.563. The minimum Gasteiger partial charge on any atom is -0.345 e. The van der Waals surface area contributed by atoms with Crippen LogP contribution in [0.1, 0.15) is 34.5 Å². The third-order valence-corrected chi connectivity index (χ3v) is 5.45. The van der Waals surface area contributed by atoms with Crippen LogP contribution in [0.2, 0.25) is 0 Å². The van der Waals surface area contributed by atoms with Crippen LogP contribution in [0.4, 0.5) is 5.69 Å². The number of amides is 2. The maximum absolute atomic E-state index is 12.8. The SMILES string of the molecule is Cc1ccc(NC(=O)CSc2ccccc2C(=O)NC(C)c2ccncc2)cc1. The van der Waals surface area contributed by atoms with E-state index in [-0.39, 0.29) is 23.6 Å². The summed E-state index contributed by atoms with van der Waals surface area (Å²) in [5.74, 6) is -0.0616. The van der Waals surface area contributed by atoms with Crippen LogP contribution in [0.3, 0.4) is 0 Å². The molecule has 0 aliphatic rings. The summed E-state index contributed by atoms with van der Waals surface area (Å²) >= 11 is 1.35. The number of anilines is 1. The van der Waals surface area contributed by atoms with Crippen LogP contribution < -0.4 is 10.6 Å². The largest absolute Gasteiger partial charge is 0.345 e. The van der Waals surface area contributed by atoms with E-state index in [4.69, 9.17) is 0 Å². The Morgan fingerprint density at radius 1 is 1.00 bits per heavy atom. The fourth-order valence-electron chi connectivity index (χ4n) is 2.77. The number of pyridine rings is 1. The summed E-state index contributed by atoms with van der Waals surface area (Å²) in [5, 5.41) is 5.88. The second kappa shape index (κ2) is 9.89. The maximum atomic E-state index is 12.8. The molecule has 0 aliphatic heterocycles. The van der Waals surface area contributed by atoms with Gasteiger partial charge in [-0.1, -0.05) is 29.8 Å². The van der Waals surface area contributed by atoms with Crippen molar-refractivity contribution < 1.29 is 9.59 Å². The normalized spacial score (nSPS) is 11.5. The van der Waals surface area contributed by atoms with Gasteiger partial charge in [-0.3, -0.25) is 14.6 Å². The van der Waals surface area contributed by atoms with Gasteiger partial charge in [-0.2, -0.15) is 0 Å². The van der Waals surface area contributed by atoms with Crippen molar-refractivity contribution >= 4 is 29.3 Å². The number of aromatic nitrogens is 1. The van der Waals surface area contributed by atoms with E-state index < -0.39 is 0 Å². The van der Waals surface area contributed by atoms with Gasteiger partial charge in [0.25, 0.3) is 5.91 Å². The predicted octanol–water partition coefficient (Wildman–Crippen LogP) is 4.61. The van der Waals surface area contributed by atoms with Gasteiger partial charge >= 0.3 is 0 Å². The lowest BCUT2D eigenvalue weighted by molar-refractivity contribution is -0.113. The van der Waals surface area contributed by atoms with E-state index in [1.807, 2.05) is 68.4 Å². The molecule has 0 bridgehead atoms. The molecule has 6 heteroatoms. The highest BCUT2D eigenvalue weighted by atomic mass is 32.2. The van der Waals surface area contributed by atoms with Crippen molar-refractivity contribution in [3.8, 4) is 0 Å². The Balaban J connectivity index is 1.61. The van der Waals surface area contributed by atoms with Crippen LogP contribution >= 0.6 is 11.8 Å². The summed E-state index contributed by atoms with van der Waals surface area (Å²) in [6.07, 6.45) is 3.41. The number of carbonyl (C=O) groups excluding carboxylic acids is 2. The second-order valence-corrected chi connectivity index (χ2v) is 7.69. The molecule has 148 valence electrons. The van der Waals surface area contributed by atoms with Crippen molar-refractivity contribution in [2.45, 2.75) is 24.8 Å². The zero-order valence-corrected chi connectivity index (χ0v) is 17.2. The summed E-state index contributed by atoms with van der Waals surface area (Å²) in [6.45, 7) is 3.93. The molecule has 0 fully saturated rings. The molecule has 1 unspecified atom stereocenters. The summed E-state index contributed by atoms with van der Waals surface area (Å²) in [6, 6.07) is 18.6. The molecule has 2 N–H and O–H groups in total. The van der Waals surface area contributed by atoms with Crippen LogP contribution in [0.15, 0.2) is 78.0 Å². The number of thioether (sulfide) groups is 1. The number of carbonyl (C=O) groups is 2. The van der Waals surface area contributed by atoms with E-state index in [9.17, 15) is 9.59 Å². The molecule has 0 spiro atoms. The molecule has 5 nitrogen and oxygen atoms in total. The number of aryl methyl sites for hydroxylation is 1. The molecule has 0 saturated heterocycles. The van der Waals surface area contributed by atoms with Crippen molar-refractivity contribution in [3.63, 3.8) is 0 Å². The molecule has 2 amide bonds. The number of benzene rings is 2. The third kappa shape index (κ3) is 5.93. The molecule has 1 heterocycles. The molecule has 2 aromatic carbocycles. The Morgan fingerprint density at radius 2 is 1.69 bits per heavy atom. The number of hydrogen-bond acceptors (Lipinski definition) is 4. The Hall–Kier alpha value is -3.12. The maximum Gasteiger partial charge on any atom is 0.252 e. The van der Waals surface area contributed by atoms with Gasteiger partial charge in [0.15, 0.2) is 0 Å². The van der Waals surface area contributed by atoms with Gasteiger partial charge in [0.05, 0.1) is 17.4 Å². The lowest BCUT2D eigenvalue weighted by Crippen LogP contribution is -2.27. The molecular formula is C23H23N3O2S. The first-order chi connectivity index (χ1) is 14.0. The minimum atomic E-state index is -0.170. The van der Waals surface area contributed by atoms with Gasteiger partial charge in [-0.05, 0) is 55.8 Å². The Kier molecular flexibility index (Phi) is 7.03. The van der Waals surface area contributed by atoms with Gasteiger partial charge in [0.1, 0.15) is 0 Å².